The molecule has 3 aliphatic heterocycles. The highest BCUT2D eigenvalue weighted by Gasteiger charge is 2.70. The SMILES string of the molecule is O=C(c1ccc([N+](=O)[O-])cc1)[C@@H]1[C@H](C(=O)c2ccc(Cl)cc2Cl)[C@]2(C(=O)Nc3ccccc32)[C@H]2C=Cc3ccccc3N12. The fourth-order valence-corrected chi connectivity index (χ4v) is 7.40. The summed E-state index contributed by atoms with van der Waals surface area (Å²) in [4.78, 5) is 56.5. The quantitative estimate of drug-likeness (QED) is 0.152. The number of carbonyl (C=O) groups excluding carboxylic acids is 3. The van der Waals surface area contributed by atoms with Crippen LogP contribution in [-0.4, -0.2) is 34.5 Å². The van der Waals surface area contributed by atoms with Crippen molar-refractivity contribution in [2.24, 2.45) is 5.92 Å². The number of hydrogen-bond donors (Lipinski definition) is 1. The molecule has 3 heterocycles. The van der Waals surface area contributed by atoms with E-state index in [0.29, 0.717) is 22.0 Å². The van der Waals surface area contributed by atoms with Crippen LogP contribution in [0.2, 0.25) is 10.0 Å². The lowest BCUT2D eigenvalue weighted by molar-refractivity contribution is -0.384. The van der Waals surface area contributed by atoms with Crippen molar-refractivity contribution >= 4 is 63.8 Å². The number of nitrogens with one attached hydrogen (secondary N) is 1. The fraction of sp³-hybridized carbons (Fsp3) is 0.121. The van der Waals surface area contributed by atoms with Gasteiger partial charge in [-0.1, -0.05) is 71.8 Å². The first-order valence-electron chi connectivity index (χ1n) is 13.5. The zero-order valence-corrected chi connectivity index (χ0v) is 23.8. The highest BCUT2D eigenvalue weighted by Crippen LogP contribution is 2.58. The Labute approximate surface area is 255 Å². The van der Waals surface area contributed by atoms with Gasteiger partial charge < -0.3 is 10.2 Å². The minimum atomic E-state index is -1.51. The van der Waals surface area contributed by atoms with Crippen LogP contribution in [0.15, 0.2) is 97.1 Å². The van der Waals surface area contributed by atoms with Crippen LogP contribution in [-0.2, 0) is 10.2 Å². The molecule has 0 unspecified atom stereocenters. The van der Waals surface area contributed by atoms with Crippen molar-refractivity contribution in [3.8, 4) is 0 Å². The number of fused-ring (bicyclic) bond motifs is 6. The molecule has 4 aromatic carbocycles. The third-order valence-corrected chi connectivity index (χ3v) is 9.20. The predicted octanol–water partition coefficient (Wildman–Crippen LogP) is 6.76. The Balaban J connectivity index is 1.52. The molecule has 1 fully saturated rings. The average Bonchev–Trinajstić information content (AvgIpc) is 3.49. The van der Waals surface area contributed by atoms with E-state index in [1.165, 1.54) is 36.4 Å². The van der Waals surface area contributed by atoms with Gasteiger partial charge in [0.15, 0.2) is 11.6 Å². The van der Waals surface area contributed by atoms with E-state index in [0.717, 1.165) is 5.56 Å². The summed E-state index contributed by atoms with van der Waals surface area (Å²) in [6.45, 7) is 0. The number of nitro groups is 1. The summed E-state index contributed by atoms with van der Waals surface area (Å²) in [5, 5.41) is 14.7. The molecular formula is C33H21Cl2N3O5. The maximum absolute atomic E-state index is 14.8. The molecule has 10 heteroatoms. The molecule has 1 N–H and O–H groups in total. The second kappa shape index (κ2) is 9.90. The number of benzene rings is 4. The number of nitro benzene ring substituents is 1. The van der Waals surface area contributed by atoms with Gasteiger partial charge in [0, 0.05) is 39.7 Å². The Bertz CT molecular complexity index is 1910. The third-order valence-electron chi connectivity index (χ3n) is 8.65. The number of rotatable bonds is 5. The molecule has 4 atom stereocenters. The predicted molar refractivity (Wildman–Crippen MR) is 164 cm³/mol. The maximum Gasteiger partial charge on any atom is 0.269 e. The number of hydrogen-bond acceptors (Lipinski definition) is 6. The first-order valence-corrected chi connectivity index (χ1v) is 14.2. The molecule has 1 amide bonds. The van der Waals surface area contributed by atoms with E-state index >= 15 is 0 Å². The number of amides is 1. The first-order chi connectivity index (χ1) is 20.7. The highest BCUT2D eigenvalue weighted by molar-refractivity contribution is 6.37. The Morgan fingerprint density at radius 3 is 2.37 bits per heavy atom. The topological polar surface area (TPSA) is 110 Å². The van der Waals surface area contributed by atoms with Crippen molar-refractivity contribution in [1.82, 2.24) is 0 Å². The molecule has 43 heavy (non-hydrogen) atoms. The van der Waals surface area contributed by atoms with Gasteiger partial charge in [0.1, 0.15) is 11.5 Å². The lowest BCUT2D eigenvalue weighted by Crippen LogP contribution is -2.51. The minimum absolute atomic E-state index is 0.0988. The van der Waals surface area contributed by atoms with E-state index in [-0.39, 0.29) is 21.8 Å². The number of anilines is 2. The van der Waals surface area contributed by atoms with E-state index < -0.39 is 45.8 Å². The van der Waals surface area contributed by atoms with Crippen LogP contribution in [0.4, 0.5) is 17.1 Å². The van der Waals surface area contributed by atoms with E-state index in [1.54, 1.807) is 24.3 Å². The van der Waals surface area contributed by atoms with Crippen LogP contribution in [0.3, 0.4) is 0 Å². The van der Waals surface area contributed by atoms with Gasteiger partial charge in [-0.3, -0.25) is 24.5 Å². The molecule has 7 rings (SSSR count). The van der Waals surface area contributed by atoms with Crippen molar-refractivity contribution in [1.29, 1.82) is 0 Å². The summed E-state index contributed by atoms with van der Waals surface area (Å²) < 4.78 is 0. The molecule has 1 saturated heterocycles. The van der Waals surface area contributed by atoms with Gasteiger partial charge in [-0.15, -0.1) is 0 Å². The molecule has 0 bridgehead atoms. The zero-order valence-electron chi connectivity index (χ0n) is 22.2. The monoisotopic (exact) mass is 609 g/mol. The van der Waals surface area contributed by atoms with E-state index in [4.69, 9.17) is 23.2 Å². The molecule has 8 nitrogen and oxygen atoms in total. The Hall–Kier alpha value is -4.79. The normalized spacial score (nSPS) is 23.0. The Morgan fingerprint density at radius 1 is 0.907 bits per heavy atom. The average molecular weight is 610 g/mol. The van der Waals surface area contributed by atoms with Crippen molar-refractivity contribution in [2.45, 2.75) is 17.5 Å². The summed E-state index contributed by atoms with van der Waals surface area (Å²) in [6, 6.07) is 22.5. The minimum Gasteiger partial charge on any atom is -0.352 e. The molecule has 0 radical (unpaired) electrons. The number of carbonyl (C=O) groups is 3. The number of halogens is 2. The summed E-state index contributed by atoms with van der Waals surface area (Å²) >= 11 is 12.7. The summed E-state index contributed by atoms with van der Waals surface area (Å²) in [7, 11) is 0. The third kappa shape index (κ3) is 3.87. The molecule has 0 aliphatic carbocycles. The van der Waals surface area contributed by atoms with Gasteiger partial charge in [-0.2, -0.15) is 0 Å². The highest BCUT2D eigenvalue weighted by atomic mass is 35.5. The van der Waals surface area contributed by atoms with Gasteiger partial charge in [-0.05, 0) is 53.6 Å². The van der Waals surface area contributed by atoms with Crippen molar-refractivity contribution in [2.75, 3.05) is 10.2 Å². The van der Waals surface area contributed by atoms with Gasteiger partial charge in [-0.25, -0.2) is 0 Å². The van der Waals surface area contributed by atoms with Gasteiger partial charge in [0.2, 0.25) is 5.91 Å². The first kappa shape index (κ1) is 27.1. The van der Waals surface area contributed by atoms with Crippen LogP contribution >= 0.6 is 23.2 Å². The van der Waals surface area contributed by atoms with Crippen LogP contribution < -0.4 is 10.2 Å². The largest absolute Gasteiger partial charge is 0.352 e. The molecular weight excluding hydrogens is 589 g/mol. The number of Topliss-reactive ketones (excluding diaryl/α,β-unsaturated/α-hetero) is 2. The number of ketones is 2. The van der Waals surface area contributed by atoms with Crippen molar-refractivity contribution in [3.05, 3.63) is 139 Å². The van der Waals surface area contributed by atoms with E-state index in [9.17, 15) is 24.5 Å². The van der Waals surface area contributed by atoms with E-state index in [2.05, 4.69) is 5.32 Å². The molecule has 212 valence electrons. The number of nitrogens with zero attached hydrogens (tertiary/aromatic N) is 2. The number of para-hydroxylation sites is 2. The molecule has 4 aromatic rings. The fourth-order valence-electron chi connectivity index (χ4n) is 6.89. The standard InChI is InChI=1S/C33H21Cl2N3O5/c34-20-12-15-22(24(35)17-20)31(40)28-29(30(39)19-9-13-21(14-10-19)38(42)43)37-26-8-4-1-5-18(26)11-16-27(37)33(28)23-6-2-3-7-25(23)36-32(33)41/h1-17,27-29H,(H,36,41)/t27-,28-,29+,33-/m1/s1. The Morgan fingerprint density at radius 2 is 1.63 bits per heavy atom. The lowest BCUT2D eigenvalue weighted by Gasteiger charge is -2.37. The van der Waals surface area contributed by atoms with Crippen LogP contribution in [0.5, 0.6) is 0 Å². The lowest BCUT2D eigenvalue weighted by atomic mass is 9.64. The zero-order chi connectivity index (χ0) is 30.0. The summed E-state index contributed by atoms with van der Waals surface area (Å²) in [5.74, 6) is -2.59. The van der Waals surface area contributed by atoms with Gasteiger partial charge in [0.05, 0.1) is 21.9 Å². The van der Waals surface area contributed by atoms with Crippen molar-refractivity contribution in [3.63, 3.8) is 0 Å². The van der Waals surface area contributed by atoms with Gasteiger partial charge in [0.25, 0.3) is 5.69 Å². The van der Waals surface area contributed by atoms with E-state index in [1.807, 2.05) is 47.4 Å². The second-order valence-electron chi connectivity index (χ2n) is 10.7. The molecule has 0 aromatic heterocycles. The van der Waals surface area contributed by atoms with Gasteiger partial charge >= 0.3 is 0 Å². The second-order valence-corrected chi connectivity index (χ2v) is 11.6. The Kier molecular flexibility index (Phi) is 6.23. The van der Waals surface area contributed by atoms with Crippen LogP contribution in [0.1, 0.15) is 31.8 Å². The number of non-ortho nitro benzene ring substituents is 1. The smallest absolute Gasteiger partial charge is 0.269 e. The summed E-state index contributed by atoms with van der Waals surface area (Å²) in [6.07, 6.45) is 3.78. The van der Waals surface area contributed by atoms with Crippen LogP contribution in [0, 0.1) is 16.0 Å². The maximum atomic E-state index is 14.8. The molecule has 3 aliphatic rings. The molecule has 1 spiro atoms. The summed E-state index contributed by atoms with van der Waals surface area (Å²) in [5.41, 5.74) is 1.28. The molecule has 0 saturated carbocycles. The van der Waals surface area contributed by atoms with Crippen molar-refractivity contribution < 1.29 is 19.3 Å². The van der Waals surface area contributed by atoms with Crippen LogP contribution in [0.25, 0.3) is 6.08 Å².